The van der Waals surface area contributed by atoms with Crippen molar-refractivity contribution in [2.45, 2.75) is 39.2 Å². The van der Waals surface area contributed by atoms with Crippen molar-refractivity contribution in [2.24, 2.45) is 0 Å². The number of rotatable bonds is 7. The Hall–Kier alpha value is -2.17. The van der Waals surface area contributed by atoms with E-state index in [0.717, 1.165) is 31.4 Å². The summed E-state index contributed by atoms with van der Waals surface area (Å²) in [6.07, 6.45) is 6.68. The molecule has 5 heteroatoms. The third-order valence-corrected chi connectivity index (χ3v) is 3.35. The zero-order valence-corrected chi connectivity index (χ0v) is 12.1. The molecule has 4 nitrogen and oxygen atoms in total. The molecule has 0 bridgehead atoms. The minimum absolute atomic E-state index is 0.196. The van der Waals surface area contributed by atoms with Crippen molar-refractivity contribution < 1.29 is 14.3 Å². The molecule has 0 aliphatic carbocycles. The lowest BCUT2D eigenvalue weighted by Gasteiger charge is -2.03. The van der Waals surface area contributed by atoms with Crippen LogP contribution in [0, 0.1) is 5.82 Å². The largest absolute Gasteiger partial charge is 0.481 e. The first-order chi connectivity index (χ1) is 10.1. The number of aliphatic carboxylic acids is 1. The number of benzene rings is 1. The van der Waals surface area contributed by atoms with E-state index in [1.807, 2.05) is 10.9 Å². The number of aryl methyl sites for hydroxylation is 1. The van der Waals surface area contributed by atoms with Gasteiger partial charge in [-0.05, 0) is 23.6 Å². The van der Waals surface area contributed by atoms with E-state index < -0.39 is 11.8 Å². The average Bonchev–Trinajstić information content (AvgIpc) is 2.90. The first kappa shape index (κ1) is 15.2. The van der Waals surface area contributed by atoms with Crippen molar-refractivity contribution in [3.05, 3.63) is 42.0 Å². The molecule has 0 atom stereocenters. The molecule has 0 unspecified atom stereocenters. The molecule has 0 spiro atoms. The lowest BCUT2D eigenvalue weighted by atomic mass is 10.0. The number of hydrogen-bond acceptors (Lipinski definition) is 2. The number of carboxylic acids is 1. The molecule has 1 N–H and O–H groups in total. The monoisotopic (exact) mass is 290 g/mol. The molecule has 0 saturated carbocycles. The maximum absolute atomic E-state index is 13.9. The van der Waals surface area contributed by atoms with E-state index >= 15 is 0 Å². The van der Waals surface area contributed by atoms with E-state index in [2.05, 4.69) is 12.0 Å². The zero-order valence-electron chi connectivity index (χ0n) is 12.1. The Morgan fingerprint density at radius 2 is 2.14 bits per heavy atom. The molecule has 1 aromatic heterocycles. The number of nitrogens with zero attached hydrogens (tertiary/aromatic N) is 2. The molecular formula is C16H19FN2O2. The second-order valence-electron chi connectivity index (χ2n) is 5.08. The van der Waals surface area contributed by atoms with Gasteiger partial charge < -0.3 is 5.11 Å². The van der Waals surface area contributed by atoms with Crippen LogP contribution in [-0.4, -0.2) is 20.9 Å². The third kappa shape index (κ3) is 4.15. The molecular weight excluding hydrogens is 271 g/mol. The molecule has 1 aromatic carbocycles. The number of aromatic nitrogens is 2. The molecule has 21 heavy (non-hydrogen) atoms. The molecule has 0 aliphatic heterocycles. The lowest BCUT2D eigenvalue weighted by Crippen LogP contribution is -2.02. The van der Waals surface area contributed by atoms with Gasteiger partial charge in [0, 0.05) is 18.3 Å². The van der Waals surface area contributed by atoms with Gasteiger partial charge >= 0.3 is 5.97 Å². The predicted octanol–water partition coefficient (Wildman–Crippen LogP) is 3.51. The summed E-state index contributed by atoms with van der Waals surface area (Å²) in [5, 5.41) is 13.0. The number of hydrogen-bond donors (Lipinski definition) is 1. The molecule has 112 valence electrons. The van der Waals surface area contributed by atoms with Crippen molar-refractivity contribution in [1.29, 1.82) is 0 Å². The fraction of sp³-hybridized carbons (Fsp3) is 0.375. The Kier molecular flexibility index (Phi) is 5.09. The molecule has 1 heterocycles. The van der Waals surface area contributed by atoms with Gasteiger partial charge in [-0.3, -0.25) is 9.48 Å². The Morgan fingerprint density at radius 3 is 2.81 bits per heavy atom. The molecule has 0 amide bonds. The van der Waals surface area contributed by atoms with Crippen molar-refractivity contribution in [3.8, 4) is 11.1 Å². The molecule has 0 saturated heterocycles. The highest BCUT2D eigenvalue weighted by atomic mass is 19.1. The normalized spacial score (nSPS) is 10.8. The van der Waals surface area contributed by atoms with Crippen molar-refractivity contribution in [3.63, 3.8) is 0 Å². The fourth-order valence-electron chi connectivity index (χ4n) is 2.19. The Bertz CT molecular complexity index is 622. The van der Waals surface area contributed by atoms with Crippen molar-refractivity contribution in [2.75, 3.05) is 0 Å². The van der Waals surface area contributed by atoms with E-state index in [-0.39, 0.29) is 12.0 Å². The van der Waals surface area contributed by atoms with Crippen LogP contribution >= 0.6 is 0 Å². The van der Waals surface area contributed by atoms with Crippen LogP contribution in [0.3, 0.4) is 0 Å². The quantitative estimate of drug-likeness (QED) is 0.794. The van der Waals surface area contributed by atoms with Gasteiger partial charge in [-0.25, -0.2) is 4.39 Å². The minimum atomic E-state index is -1.04. The van der Waals surface area contributed by atoms with Gasteiger partial charge in [0.15, 0.2) is 0 Å². The number of carbonyl (C=O) groups is 1. The summed E-state index contributed by atoms with van der Waals surface area (Å²) in [6.45, 7) is 3.00. The van der Waals surface area contributed by atoms with Crippen LogP contribution in [0.15, 0.2) is 30.6 Å². The van der Waals surface area contributed by atoms with E-state index in [4.69, 9.17) is 5.11 Å². The van der Waals surface area contributed by atoms with E-state index in [1.54, 1.807) is 12.3 Å². The van der Waals surface area contributed by atoms with Crippen LogP contribution in [-0.2, 0) is 17.8 Å². The van der Waals surface area contributed by atoms with Gasteiger partial charge in [0.1, 0.15) is 5.82 Å². The molecule has 0 fully saturated rings. The highest BCUT2D eigenvalue weighted by molar-refractivity contribution is 5.71. The first-order valence-corrected chi connectivity index (χ1v) is 7.13. The standard InChI is InChI=1S/C16H19FN2O2/c1-2-3-4-7-19-11-14(10-18-19)12-5-6-13(9-16(20)21)15(17)8-12/h5-6,8,10-11H,2-4,7,9H2,1H3,(H,20,21). The number of unbranched alkanes of at least 4 members (excludes halogenated alkanes) is 2. The van der Waals surface area contributed by atoms with Crippen molar-refractivity contribution >= 4 is 5.97 Å². The highest BCUT2D eigenvalue weighted by Gasteiger charge is 2.09. The van der Waals surface area contributed by atoms with E-state index in [1.165, 1.54) is 12.1 Å². The van der Waals surface area contributed by atoms with E-state index in [9.17, 15) is 9.18 Å². The first-order valence-electron chi connectivity index (χ1n) is 7.13. The maximum atomic E-state index is 13.9. The van der Waals surface area contributed by atoms with Crippen LogP contribution in [0.4, 0.5) is 4.39 Å². The second-order valence-corrected chi connectivity index (χ2v) is 5.08. The number of halogens is 1. The Balaban J connectivity index is 2.11. The van der Waals surface area contributed by atoms with Gasteiger partial charge in [0.25, 0.3) is 0 Å². The van der Waals surface area contributed by atoms with Crippen LogP contribution in [0.2, 0.25) is 0 Å². The molecule has 2 rings (SSSR count). The summed E-state index contributed by atoms with van der Waals surface area (Å²) >= 11 is 0. The zero-order chi connectivity index (χ0) is 15.2. The summed E-state index contributed by atoms with van der Waals surface area (Å²) in [7, 11) is 0. The minimum Gasteiger partial charge on any atom is -0.481 e. The van der Waals surface area contributed by atoms with Gasteiger partial charge in [-0.1, -0.05) is 31.9 Å². The Labute approximate surface area is 123 Å². The summed E-state index contributed by atoms with van der Waals surface area (Å²) < 4.78 is 15.7. The smallest absolute Gasteiger partial charge is 0.307 e. The molecule has 2 aromatic rings. The summed E-state index contributed by atoms with van der Waals surface area (Å²) in [6, 6.07) is 4.62. The third-order valence-electron chi connectivity index (χ3n) is 3.35. The molecule has 0 aliphatic rings. The van der Waals surface area contributed by atoms with Crippen LogP contribution in [0.1, 0.15) is 31.7 Å². The fourth-order valence-corrected chi connectivity index (χ4v) is 2.19. The van der Waals surface area contributed by atoms with Crippen LogP contribution in [0.5, 0.6) is 0 Å². The van der Waals surface area contributed by atoms with Crippen molar-refractivity contribution in [1.82, 2.24) is 9.78 Å². The van der Waals surface area contributed by atoms with Gasteiger partial charge in [-0.15, -0.1) is 0 Å². The average molecular weight is 290 g/mol. The predicted molar refractivity (Wildman–Crippen MR) is 78.5 cm³/mol. The van der Waals surface area contributed by atoms with E-state index in [0.29, 0.717) is 5.56 Å². The Morgan fingerprint density at radius 1 is 1.33 bits per heavy atom. The van der Waals surface area contributed by atoms with Gasteiger partial charge in [-0.2, -0.15) is 5.10 Å². The topological polar surface area (TPSA) is 55.1 Å². The van der Waals surface area contributed by atoms with Crippen LogP contribution in [0.25, 0.3) is 11.1 Å². The number of carboxylic acid groups (broad SMARTS) is 1. The van der Waals surface area contributed by atoms with Gasteiger partial charge in [0.2, 0.25) is 0 Å². The summed E-state index contributed by atoms with van der Waals surface area (Å²) in [5.74, 6) is -1.53. The van der Waals surface area contributed by atoms with Gasteiger partial charge in [0.05, 0.1) is 12.6 Å². The maximum Gasteiger partial charge on any atom is 0.307 e. The SMILES string of the molecule is CCCCCn1cc(-c2ccc(CC(=O)O)c(F)c2)cn1. The highest BCUT2D eigenvalue weighted by Crippen LogP contribution is 2.22. The summed E-state index contributed by atoms with van der Waals surface area (Å²) in [5.41, 5.74) is 1.75. The second kappa shape index (κ2) is 7.02. The lowest BCUT2D eigenvalue weighted by molar-refractivity contribution is -0.136. The summed E-state index contributed by atoms with van der Waals surface area (Å²) in [4.78, 5) is 10.6. The van der Waals surface area contributed by atoms with Crippen LogP contribution < -0.4 is 0 Å². The molecule has 0 radical (unpaired) electrons.